The quantitative estimate of drug-likeness (QED) is 0.859. The van der Waals surface area contributed by atoms with Crippen molar-refractivity contribution >= 4 is 17.2 Å². The van der Waals surface area contributed by atoms with Crippen molar-refractivity contribution in [2.45, 2.75) is 25.7 Å². The molecule has 0 N–H and O–H groups in total. The first-order chi connectivity index (χ1) is 11.7. The lowest BCUT2D eigenvalue weighted by molar-refractivity contribution is 0.0458. The van der Waals surface area contributed by atoms with Crippen LogP contribution in [0, 0.1) is 5.41 Å². The molecular formula is C19H22N2O2S. The maximum absolute atomic E-state index is 12.8. The number of carbonyl (C=O) groups is 1. The highest BCUT2D eigenvalue weighted by atomic mass is 32.1. The fraction of sp³-hybridized carbons (Fsp3) is 0.474. The number of benzene rings is 1. The van der Waals surface area contributed by atoms with E-state index in [9.17, 15) is 4.79 Å². The maximum atomic E-state index is 12.8. The van der Waals surface area contributed by atoms with Crippen molar-refractivity contribution in [2.75, 3.05) is 26.3 Å². The zero-order valence-corrected chi connectivity index (χ0v) is 14.6. The van der Waals surface area contributed by atoms with Gasteiger partial charge in [-0.2, -0.15) is 0 Å². The molecule has 126 valence electrons. The highest BCUT2D eigenvalue weighted by Gasteiger charge is 2.40. The van der Waals surface area contributed by atoms with Gasteiger partial charge in [0.1, 0.15) is 5.69 Å². The lowest BCUT2D eigenvalue weighted by Crippen LogP contribution is -2.46. The van der Waals surface area contributed by atoms with Crippen LogP contribution in [0.3, 0.4) is 0 Å². The lowest BCUT2D eigenvalue weighted by atomic mass is 9.79. The van der Waals surface area contributed by atoms with Crippen molar-refractivity contribution < 1.29 is 9.53 Å². The van der Waals surface area contributed by atoms with Crippen LogP contribution in [0.2, 0.25) is 0 Å². The maximum Gasteiger partial charge on any atom is 0.273 e. The summed E-state index contributed by atoms with van der Waals surface area (Å²) in [5, 5.41) is 2.91. The zero-order valence-electron chi connectivity index (χ0n) is 13.7. The van der Waals surface area contributed by atoms with E-state index < -0.39 is 0 Å². The summed E-state index contributed by atoms with van der Waals surface area (Å²) in [6.07, 6.45) is 4.10. The smallest absolute Gasteiger partial charge is 0.273 e. The summed E-state index contributed by atoms with van der Waals surface area (Å²) in [6.45, 7) is 3.29. The molecule has 0 bridgehead atoms. The molecule has 0 saturated carbocycles. The summed E-state index contributed by atoms with van der Waals surface area (Å²) in [5.41, 5.74) is 2.02. The van der Waals surface area contributed by atoms with Crippen LogP contribution in [0.5, 0.6) is 0 Å². The summed E-state index contributed by atoms with van der Waals surface area (Å²) in [4.78, 5) is 19.4. The first-order valence-electron chi connectivity index (χ1n) is 8.60. The van der Waals surface area contributed by atoms with E-state index in [0.717, 1.165) is 50.6 Å². The lowest BCUT2D eigenvalue weighted by Gasteiger charge is -2.39. The number of ether oxygens (including phenoxy) is 1. The van der Waals surface area contributed by atoms with E-state index in [2.05, 4.69) is 17.1 Å². The van der Waals surface area contributed by atoms with Gasteiger partial charge in [0, 0.05) is 36.9 Å². The van der Waals surface area contributed by atoms with Gasteiger partial charge >= 0.3 is 0 Å². The van der Waals surface area contributed by atoms with Crippen molar-refractivity contribution in [3.63, 3.8) is 0 Å². The standard InChI is InChI=1S/C19H22N2O2S/c22-18(21-9-4-7-19(13-21)8-10-23-14-19)16-12-24-17(20-16)11-15-5-2-1-3-6-15/h1-3,5-6,12H,4,7-11,13-14H2. The fourth-order valence-corrected chi connectivity index (χ4v) is 4.58. The summed E-state index contributed by atoms with van der Waals surface area (Å²) in [5.74, 6) is 0.0801. The third kappa shape index (κ3) is 3.23. The Kier molecular flexibility index (Phi) is 4.37. The number of hydrogen-bond donors (Lipinski definition) is 0. The highest BCUT2D eigenvalue weighted by molar-refractivity contribution is 7.09. The minimum atomic E-state index is 0.0801. The molecule has 2 aliphatic heterocycles. The molecule has 0 aliphatic carbocycles. The molecule has 2 aromatic rings. The second-order valence-corrected chi connectivity index (χ2v) is 7.86. The van der Waals surface area contributed by atoms with Crippen LogP contribution in [0.4, 0.5) is 0 Å². The molecule has 1 spiro atoms. The SMILES string of the molecule is O=C(c1csc(Cc2ccccc2)n1)N1CCCC2(CCOC2)C1. The number of nitrogens with zero attached hydrogens (tertiary/aromatic N) is 2. The molecule has 24 heavy (non-hydrogen) atoms. The van der Waals surface area contributed by atoms with Crippen LogP contribution in [0.1, 0.15) is 40.3 Å². The van der Waals surface area contributed by atoms with Crippen LogP contribution in [0.15, 0.2) is 35.7 Å². The van der Waals surface area contributed by atoms with Crippen LogP contribution < -0.4 is 0 Å². The molecular weight excluding hydrogens is 320 g/mol. The zero-order chi connectivity index (χ0) is 16.4. The number of rotatable bonds is 3. The number of piperidine rings is 1. The number of amides is 1. The van der Waals surface area contributed by atoms with Crippen molar-refractivity contribution in [3.8, 4) is 0 Å². The Morgan fingerprint density at radius 3 is 2.96 bits per heavy atom. The Balaban J connectivity index is 1.45. The Bertz CT molecular complexity index is 707. The van der Waals surface area contributed by atoms with Gasteiger partial charge in [-0.25, -0.2) is 4.98 Å². The molecule has 2 aliphatic rings. The number of likely N-dealkylation sites (tertiary alicyclic amines) is 1. The molecule has 0 radical (unpaired) electrons. The number of hydrogen-bond acceptors (Lipinski definition) is 4. The van der Waals surface area contributed by atoms with E-state index in [4.69, 9.17) is 4.74 Å². The summed E-state index contributed by atoms with van der Waals surface area (Å²) in [6, 6.07) is 10.3. The predicted molar refractivity (Wildman–Crippen MR) is 94.4 cm³/mol. The van der Waals surface area contributed by atoms with Gasteiger partial charge in [0.05, 0.1) is 11.6 Å². The second-order valence-electron chi connectivity index (χ2n) is 6.92. The molecule has 3 heterocycles. The van der Waals surface area contributed by atoms with Gasteiger partial charge in [0.15, 0.2) is 0 Å². The third-order valence-corrected chi connectivity index (χ3v) is 5.95. The van der Waals surface area contributed by atoms with Crippen molar-refractivity contribution in [1.29, 1.82) is 0 Å². The van der Waals surface area contributed by atoms with Gasteiger partial charge in [-0.3, -0.25) is 4.79 Å². The normalized spacial score (nSPS) is 23.8. The van der Waals surface area contributed by atoms with E-state index >= 15 is 0 Å². The van der Waals surface area contributed by atoms with Gasteiger partial charge in [-0.15, -0.1) is 11.3 Å². The Hall–Kier alpha value is -1.72. The molecule has 1 aromatic carbocycles. The number of carbonyl (C=O) groups excluding carboxylic acids is 1. The van der Waals surface area contributed by atoms with Gasteiger partial charge in [-0.05, 0) is 24.8 Å². The van der Waals surface area contributed by atoms with E-state index in [0.29, 0.717) is 5.69 Å². The van der Waals surface area contributed by atoms with Crippen LogP contribution >= 0.6 is 11.3 Å². The average Bonchev–Trinajstić information content (AvgIpc) is 3.25. The first kappa shape index (κ1) is 15.8. The van der Waals surface area contributed by atoms with Crippen molar-refractivity contribution in [3.05, 3.63) is 52.0 Å². The first-order valence-corrected chi connectivity index (χ1v) is 9.47. The third-order valence-electron chi connectivity index (χ3n) is 5.10. The monoisotopic (exact) mass is 342 g/mol. The topological polar surface area (TPSA) is 42.4 Å². The molecule has 4 rings (SSSR count). The predicted octanol–water partition coefficient (Wildman–Crippen LogP) is 3.38. The van der Waals surface area contributed by atoms with Crippen molar-refractivity contribution in [2.24, 2.45) is 5.41 Å². The summed E-state index contributed by atoms with van der Waals surface area (Å²) in [7, 11) is 0. The Morgan fingerprint density at radius 1 is 1.29 bits per heavy atom. The van der Waals surface area contributed by atoms with Gasteiger partial charge in [0.2, 0.25) is 0 Å². The minimum absolute atomic E-state index is 0.0801. The molecule has 1 atom stereocenters. The minimum Gasteiger partial charge on any atom is -0.381 e. The van der Waals surface area contributed by atoms with Crippen molar-refractivity contribution in [1.82, 2.24) is 9.88 Å². The molecule has 2 saturated heterocycles. The number of aromatic nitrogens is 1. The van der Waals surface area contributed by atoms with Crippen LogP contribution in [0.25, 0.3) is 0 Å². The van der Waals surface area contributed by atoms with Gasteiger partial charge < -0.3 is 9.64 Å². The second kappa shape index (κ2) is 6.65. The van der Waals surface area contributed by atoms with Crippen LogP contribution in [-0.4, -0.2) is 42.1 Å². The molecule has 4 nitrogen and oxygen atoms in total. The van der Waals surface area contributed by atoms with E-state index in [1.165, 1.54) is 12.0 Å². The highest BCUT2D eigenvalue weighted by Crippen LogP contribution is 2.38. The van der Waals surface area contributed by atoms with E-state index in [-0.39, 0.29) is 11.3 Å². The fourth-order valence-electron chi connectivity index (χ4n) is 3.78. The molecule has 1 aromatic heterocycles. The number of thiazole rings is 1. The molecule has 5 heteroatoms. The van der Waals surface area contributed by atoms with E-state index in [1.54, 1.807) is 11.3 Å². The summed E-state index contributed by atoms with van der Waals surface area (Å²) >= 11 is 1.58. The van der Waals surface area contributed by atoms with Crippen LogP contribution in [-0.2, 0) is 11.2 Å². The average molecular weight is 342 g/mol. The van der Waals surface area contributed by atoms with Gasteiger partial charge in [-0.1, -0.05) is 30.3 Å². The van der Waals surface area contributed by atoms with E-state index in [1.807, 2.05) is 28.5 Å². The largest absolute Gasteiger partial charge is 0.381 e. The molecule has 1 amide bonds. The summed E-state index contributed by atoms with van der Waals surface area (Å²) < 4.78 is 5.59. The Labute approximate surface area is 146 Å². The van der Waals surface area contributed by atoms with Gasteiger partial charge in [0.25, 0.3) is 5.91 Å². The Morgan fingerprint density at radius 2 is 2.17 bits per heavy atom. The molecule has 2 fully saturated rings. The molecule has 1 unspecified atom stereocenters.